The third kappa shape index (κ3) is 6.15. The van der Waals surface area contributed by atoms with Crippen molar-refractivity contribution in [1.82, 2.24) is 14.9 Å². The maximum Gasteiger partial charge on any atom is 0.227 e. The minimum absolute atomic E-state index is 0. The first kappa shape index (κ1) is 24.6. The standard InChI is InChI=1S/C26H29N5O3.ClH/c1-32-20-6-4-7-21(18-20)34-17-15-30-11-13-31(14-12-30)26-28-24-10-3-2-9-23(24)25(29-26)27-19-22-8-5-16-33-22;/h2-10,16,18H,11-15,17,19H2,1H3,(H,27,28,29);1H. The first-order valence-electron chi connectivity index (χ1n) is 11.6. The van der Waals surface area contributed by atoms with Gasteiger partial charge in [0.2, 0.25) is 5.95 Å². The van der Waals surface area contributed by atoms with Crippen LogP contribution in [0.2, 0.25) is 0 Å². The summed E-state index contributed by atoms with van der Waals surface area (Å²) in [6, 6.07) is 19.7. The fourth-order valence-electron chi connectivity index (χ4n) is 4.08. The maximum absolute atomic E-state index is 5.91. The number of benzene rings is 2. The van der Waals surface area contributed by atoms with Crippen LogP contribution in [-0.4, -0.2) is 61.3 Å². The molecule has 3 heterocycles. The number of hydrogen-bond donors (Lipinski definition) is 1. The SMILES string of the molecule is COc1cccc(OCCN2CCN(c3nc(NCc4ccco4)c4ccccc4n3)CC2)c1.Cl. The van der Waals surface area contributed by atoms with E-state index in [0.29, 0.717) is 13.2 Å². The minimum Gasteiger partial charge on any atom is -0.497 e. The van der Waals surface area contributed by atoms with Crippen molar-refractivity contribution in [2.24, 2.45) is 0 Å². The van der Waals surface area contributed by atoms with E-state index >= 15 is 0 Å². The largest absolute Gasteiger partial charge is 0.497 e. The number of aromatic nitrogens is 2. The lowest BCUT2D eigenvalue weighted by atomic mass is 10.2. The molecule has 2 aromatic carbocycles. The summed E-state index contributed by atoms with van der Waals surface area (Å²) in [5.41, 5.74) is 0.934. The highest BCUT2D eigenvalue weighted by atomic mass is 35.5. The highest BCUT2D eigenvalue weighted by Gasteiger charge is 2.20. The molecule has 2 aromatic heterocycles. The second kappa shape index (κ2) is 11.8. The number of furan rings is 1. The number of methoxy groups -OCH3 is 1. The molecule has 1 saturated heterocycles. The maximum atomic E-state index is 5.91. The van der Waals surface area contributed by atoms with Gasteiger partial charge in [-0.1, -0.05) is 18.2 Å². The van der Waals surface area contributed by atoms with Gasteiger partial charge in [0.05, 0.1) is 25.4 Å². The number of piperazine rings is 1. The fraction of sp³-hybridized carbons (Fsp3) is 0.308. The van der Waals surface area contributed by atoms with Crippen LogP contribution in [0.25, 0.3) is 10.9 Å². The van der Waals surface area contributed by atoms with Crippen molar-refractivity contribution >= 4 is 35.1 Å². The van der Waals surface area contributed by atoms with Crippen LogP contribution in [0.3, 0.4) is 0 Å². The zero-order valence-electron chi connectivity index (χ0n) is 19.7. The topological polar surface area (TPSA) is 75.9 Å². The molecule has 0 radical (unpaired) electrons. The van der Waals surface area contributed by atoms with E-state index in [1.54, 1.807) is 13.4 Å². The summed E-state index contributed by atoms with van der Waals surface area (Å²) in [6.07, 6.45) is 1.68. The van der Waals surface area contributed by atoms with Gasteiger partial charge >= 0.3 is 0 Å². The Morgan fingerprint density at radius 2 is 1.77 bits per heavy atom. The Kier molecular flexibility index (Phi) is 8.28. The molecule has 0 saturated carbocycles. The van der Waals surface area contributed by atoms with Gasteiger partial charge in [0.15, 0.2) is 0 Å². The Morgan fingerprint density at radius 1 is 0.943 bits per heavy atom. The van der Waals surface area contributed by atoms with Crippen molar-refractivity contribution in [3.05, 3.63) is 72.7 Å². The summed E-state index contributed by atoms with van der Waals surface area (Å²) < 4.78 is 16.6. The third-order valence-electron chi connectivity index (χ3n) is 5.97. The van der Waals surface area contributed by atoms with E-state index in [9.17, 15) is 0 Å². The molecule has 5 rings (SSSR count). The lowest BCUT2D eigenvalue weighted by Crippen LogP contribution is -2.48. The van der Waals surface area contributed by atoms with Crippen LogP contribution in [0.4, 0.5) is 11.8 Å². The molecule has 0 spiro atoms. The van der Waals surface area contributed by atoms with Crippen LogP contribution in [-0.2, 0) is 6.54 Å². The number of halogens is 1. The van der Waals surface area contributed by atoms with E-state index in [0.717, 1.165) is 72.7 Å². The number of para-hydroxylation sites is 1. The van der Waals surface area contributed by atoms with Crippen molar-refractivity contribution in [2.75, 3.05) is 56.7 Å². The van der Waals surface area contributed by atoms with Crippen LogP contribution in [0, 0.1) is 0 Å². The smallest absolute Gasteiger partial charge is 0.227 e. The van der Waals surface area contributed by atoms with Crippen LogP contribution >= 0.6 is 12.4 Å². The summed E-state index contributed by atoms with van der Waals surface area (Å²) >= 11 is 0. The summed E-state index contributed by atoms with van der Waals surface area (Å²) in [7, 11) is 1.66. The summed E-state index contributed by atoms with van der Waals surface area (Å²) in [4.78, 5) is 14.4. The predicted molar refractivity (Wildman–Crippen MR) is 140 cm³/mol. The van der Waals surface area contributed by atoms with Gasteiger partial charge < -0.3 is 24.1 Å². The number of nitrogens with one attached hydrogen (secondary N) is 1. The van der Waals surface area contributed by atoms with E-state index in [1.807, 2.05) is 60.7 Å². The molecule has 0 unspecified atom stereocenters. The van der Waals surface area contributed by atoms with Crippen LogP contribution in [0.15, 0.2) is 71.3 Å². The predicted octanol–water partition coefficient (Wildman–Crippen LogP) is 4.47. The molecular formula is C26H30ClN5O3. The van der Waals surface area contributed by atoms with Gasteiger partial charge in [-0.15, -0.1) is 12.4 Å². The molecule has 0 atom stereocenters. The van der Waals surface area contributed by atoms with Gasteiger partial charge in [-0.2, -0.15) is 4.98 Å². The molecule has 4 aromatic rings. The molecule has 35 heavy (non-hydrogen) atoms. The zero-order chi connectivity index (χ0) is 23.2. The van der Waals surface area contributed by atoms with Gasteiger partial charge in [0.1, 0.15) is 29.7 Å². The minimum atomic E-state index is 0. The second-order valence-corrected chi connectivity index (χ2v) is 8.18. The molecule has 8 nitrogen and oxygen atoms in total. The number of anilines is 2. The van der Waals surface area contributed by atoms with Gasteiger partial charge in [-0.25, -0.2) is 4.98 Å². The molecule has 1 aliphatic rings. The highest BCUT2D eigenvalue weighted by molar-refractivity contribution is 5.90. The van der Waals surface area contributed by atoms with Crippen molar-refractivity contribution in [3.63, 3.8) is 0 Å². The molecule has 9 heteroatoms. The van der Waals surface area contributed by atoms with Gasteiger partial charge in [-0.3, -0.25) is 4.90 Å². The van der Waals surface area contributed by atoms with Crippen LogP contribution in [0.1, 0.15) is 5.76 Å². The Hall–Kier alpha value is -3.49. The first-order valence-corrected chi connectivity index (χ1v) is 11.6. The molecule has 0 aliphatic carbocycles. The Labute approximate surface area is 211 Å². The summed E-state index contributed by atoms with van der Waals surface area (Å²) in [6.45, 7) is 5.71. The van der Waals surface area contributed by atoms with Crippen molar-refractivity contribution in [1.29, 1.82) is 0 Å². The van der Waals surface area contributed by atoms with E-state index < -0.39 is 0 Å². The van der Waals surface area contributed by atoms with E-state index in [2.05, 4.69) is 15.1 Å². The molecular weight excluding hydrogens is 466 g/mol. The fourth-order valence-corrected chi connectivity index (χ4v) is 4.08. The van der Waals surface area contributed by atoms with Crippen molar-refractivity contribution < 1.29 is 13.9 Å². The molecule has 1 fully saturated rings. The number of hydrogen-bond acceptors (Lipinski definition) is 8. The quantitative estimate of drug-likeness (QED) is 0.364. The number of fused-ring (bicyclic) bond motifs is 1. The summed E-state index contributed by atoms with van der Waals surface area (Å²) in [5.74, 6) is 4.09. The number of rotatable bonds is 9. The molecule has 1 N–H and O–H groups in total. The molecule has 0 amide bonds. The molecule has 184 valence electrons. The highest BCUT2D eigenvalue weighted by Crippen LogP contribution is 2.25. The first-order chi connectivity index (χ1) is 16.8. The Morgan fingerprint density at radius 3 is 2.57 bits per heavy atom. The third-order valence-corrected chi connectivity index (χ3v) is 5.97. The van der Waals surface area contributed by atoms with Gasteiger partial charge in [0, 0.05) is 44.2 Å². The Balaban J connectivity index is 0.00000289. The number of ether oxygens (including phenoxy) is 2. The zero-order valence-corrected chi connectivity index (χ0v) is 20.5. The monoisotopic (exact) mass is 495 g/mol. The molecule has 0 bridgehead atoms. The van der Waals surface area contributed by atoms with E-state index in [-0.39, 0.29) is 12.4 Å². The average molecular weight is 496 g/mol. The average Bonchev–Trinajstić information content (AvgIpc) is 3.41. The second-order valence-electron chi connectivity index (χ2n) is 8.18. The van der Waals surface area contributed by atoms with Crippen LogP contribution < -0.4 is 19.7 Å². The van der Waals surface area contributed by atoms with E-state index in [4.69, 9.17) is 23.9 Å². The van der Waals surface area contributed by atoms with Crippen molar-refractivity contribution in [2.45, 2.75) is 6.54 Å². The lowest BCUT2D eigenvalue weighted by Gasteiger charge is -2.34. The van der Waals surface area contributed by atoms with E-state index in [1.165, 1.54) is 0 Å². The number of nitrogens with zero attached hydrogens (tertiary/aromatic N) is 4. The summed E-state index contributed by atoms with van der Waals surface area (Å²) in [5, 5.41) is 4.43. The van der Waals surface area contributed by atoms with Gasteiger partial charge in [-0.05, 0) is 36.4 Å². The molecule has 1 aliphatic heterocycles. The Bertz CT molecular complexity index is 1210. The van der Waals surface area contributed by atoms with Crippen LogP contribution in [0.5, 0.6) is 11.5 Å². The lowest BCUT2D eigenvalue weighted by molar-refractivity contribution is 0.200. The normalized spacial score (nSPS) is 13.9. The van der Waals surface area contributed by atoms with Crippen molar-refractivity contribution in [3.8, 4) is 11.5 Å². The van der Waals surface area contributed by atoms with Gasteiger partial charge in [0.25, 0.3) is 0 Å².